The van der Waals surface area contributed by atoms with Crippen molar-refractivity contribution in [3.8, 4) is 0 Å². The fraction of sp³-hybridized carbons (Fsp3) is 0.579. The summed E-state index contributed by atoms with van der Waals surface area (Å²) < 4.78 is 65.9. The zero-order chi connectivity index (χ0) is 21.8. The maximum Gasteiger partial charge on any atom is 0.394 e. The van der Waals surface area contributed by atoms with Crippen molar-refractivity contribution in [3.63, 3.8) is 0 Å². The minimum absolute atomic E-state index is 0.00853. The molecule has 30 heavy (non-hydrogen) atoms. The lowest BCUT2D eigenvalue weighted by atomic mass is 10.2. The molecule has 0 bridgehead atoms. The van der Waals surface area contributed by atoms with E-state index in [4.69, 9.17) is 0 Å². The molecule has 0 radical (unpaired) electrons. The third kappa shape index (κ3) is 3.58. The summed E-state index contributed by atoms with van der Waals surface area (Å²) in [5.41, 5.74) is 0.170. The topological polar surface area (TPSA) is 78.0 Å². The van der Waals surface area contributed by atoms with Crippen molar-refractivity contribution in [2.45, 2.75) is 30.5 Å². The van der Waals surface area contributed by atoms with E-state index in [1.54, 1.807) is 4.90 Å². The van der Waals surface area contributed by atoms with Crippen molar-refractivity contribution in [3.05, 3.63) is 29.8 Å². The van der Waals surface area contributed by atoms with Crippen molar-refractivity contribution >= 4 is 21.8 Å². The molecule has 3 unspecified atom stereocenters. The van der Waals surface area contributed by atoms with Crippen LogP contribution >= 0.6 is 0 Å². The number of amides is 2. The Balaban J connectivity index is 1.44. The third-order valence-electron chi connectivity index (χ3n) is 6.25. The van der Waals surface area contributed by atoms with Crippen LogP contribution in [0.4, 0.5) is 13.2 Å². The molecule has 2 saturated heterocycles. The molecule has 164 valence electrons. The summed E-state index contributed by atoms with van der Waals surface area (Å²) in [5.74, 6) is -2.60. The van der Waals surface area contributed by atoms with Crippen LogP contribution in [0.1, 0.15) is 23.7 Å². The number of piperidine rings is 1. The van der Waals surface area contributed by atoms with Crippen LogP contribution in [0.5, 0.6) is 0 Å². The van der Waals surface area contributed by atoms with Gasteiger partial charge in [0.05, 0.1) is 10.8 Å². The zero-order valence-electron chi connectivity index (χ0n) is 16.3. The van der Waals surface area contributed by atoms with Gasteiger partial charge in [-0.3, -0.25) is 9.59 Å². The molecule has 3 atom stereocenters. The summed E-state index contributed by atoms with van der Waals surface area (Å²) >= 11 is 0. The van der Waals surface area contributed by atoms with Crippen molar-refractivity contribution in [1.82, 2.24) is 14.1 Å². The van der Waals surface area contributed by atoms with Crippen LogP contribution in [0.2, 0.25) is 0 Å². The molecular weight excluding hydrogens is 423 g/mol. The highest BCUT2D eigenvalue weighted by Crippen LogP contribution is 2.58. The van der Waals surface area contributed by atoms with Gasteiger partial charge >= 0.3 is 6.18 Å². The van der Waals surface area contributed by atoms with Gasteiger partial charge in [0.15, 0.2) is 0 Å². The first kappa shape index (κ1) is 21.1. The van der Waals surface area contributed by atoms with Crippen molar-refractivity contribution in [1.29, 1.82) is 0 Å². The lowest BCUT2D eigenvalue weighted by molar-refractivity contribution is -0.156. The van der Waals surface area contributed by atoms with Gasteiger partial charge in [0, 0.05) is 51.3 Å². The highest BCUT2D eigenvalue weighted by Gasteiger charge is 2.69. The Bertz CT molecular complexity index is 956. The number of likely N-dealkylation sites (tertiary alicyclic amines) is 1. The first-order valence-corrected chi connectivity index (χ1v) is 11.2. The average molecular weight is 445 g/mol. The number of carbonyl (C=O) groups excluding carboxylic acids is 2. The monoisotopic (exact) mass is 445 g/mol. The summed E-state index contributed by atoms with van der Waals surface area (Å²) in [6, 6.07) is 4.50. The molecule has 2 amide bonds. The van der Waals surface area contributed by atoms with Gasteiger partial charge < -0.3 is 9.80 Å². The minimum Gasteiger partial charge on any atom is -0.340 e. The van der Waals surface area contributed by atoms with Gasteiger partial charge in [-0.05, 0) is 36.6 Å². The summed E-state index contributed by atoms with van der Waals surface area (Å²) in [5, 5.41) is 0. The molecule has 0 aromatic heterocycles. The Morgan fingerprint density at radius 1 is 1.00 bits per heavy atom. The SMILES string of the molecule is CC(=O)N1CCN(S(=O)(=O)c2ccc(C(=O)N3CCC4C3C4C(F)(F)F)cc2)CC1. The molecule has 1 saturated carbocycles. The van der Waals surface area contributed by atoms with Crippen LogP contribution in [0.15, 0.2) is 29.2 Å². The second kappa shape index (κ2) is 7.23. The number of benzene rings is 1. The lowest BCUT2D eigenvalue weighted by Gasteiger charge is -2.33. The number of hydrogen-bond acceptors (Lipinski definition) is 4. The van der Waals surface area contributed by atoms with Crippen LogP contribution < -0.4 is 0 Å². The molecule has 3 aliphatic rings. The van der Waals surface area contributed by atoms with Gasteiger partial charge in [-0.25, -0.2) is 8.42 Å². The van der Waals surface area contributed by atoms with Crippen LogP contribution in [-0.2, 0) is 14.8 Å². The molecule has 11 heteroatoms. The van der Waals surface area contributed by atoms with E-state index >= 15 is 0 Å². The van der Waals surface area contributed by atoms with Crippen LogP contribution in [0, 0.1) is 11.8 Å². The number of carbonyl (C=O) groups is 2. The molecule has 7 nitrogen and oxygen atoms in total. The van der Waals surface area contributed by atoms with Crippen LogP contribution in [0.25, 0.3) is 0 Å². The number of alkyl halides is 3. The number of rotatable bonds is 3. The van der Waals surface area contributed by atoms with Gasteiger partial charge in [-0.1, -0.05) is 0 Å². The van der Waals surface area contributed by atoms with E-state index in [2.05, 4.69) is 0 Å². The Morgan fingerprint density at radius 3 is 2.10 bits per heavy atom. The molecule has 0 N–H and O–H groups in total. The molecule has 0 spiro atoms. The number of piperazine rings is 1. The Hall–Kier alpha value is -2.14. The highest BCUT2D eigenvalue weighted by atomic mass is 32.2. The number of hydrogen-bond donors (Lipinski definition) is 0. The summed E-state index contributed by atoms with van der Waals surface area (Å²) in [6.07, 6.45) is -3.97. The molecule has 1 aromatic carbocycles. The Kier molecular flexibility index (Phi) is 5.08. The first-order chi connectivity index (χ1) is 14.0. The fourth-order valence-electron chi connectivity index (χ4n) is 4.57. The normalized spacial score (nSPS) is 27.1. The molecular formula is C19H22F3N3O4S. The van der Waals surface area contributed by atoms with E-state index in [0.29, 0.717) is 19.5 Å². The van der Waals surface area contributed by atoms with Gasteiger partial charge in [0.2, 0.25) is 15.9 Å². The van der Waals surface area contributed by atoms with Crippen molar-refractivity contribution in [2.24, 2.45) is 11.8 Å². The summed E-state index contributed by atoms with van der Waals surface area (Å²) in [7, 11) is -3.78. The quantitative estimate of drug-likeness (QED) is 0.708. The number of halogens is 3. The van der Waals surface area contributed by atoms with E-state index in [0.717, 1.165) is 0 Å². The molecule has 4 rings (SSSR count). The zero-order valence-corrected chi connectivity index (χ0v) is 17.1. The third-order valence-corrected chi connectivity index (χ3v) is 8.16. The van der Waals surface area contributed by atoms with Gasteiger partial charge in [-0.15, -0.1) is 0 Å². The molecule has 2 aliphatic heterocycles. The van der Waals surface area contributed by atoms with E-state index in [9.17, 15) is 31.2 Å². The number of sulfonamides is 1. The maximum atomic E-state index is 13.0. The maximum absolute atomic E-state index is 13.0. The second-order valence-electron chi connectivity index (χ2n) is 7.94. The van der Waals surface area contributed by atoms with E-state index < -0.39 is 40.0 Å². The van der Waals surface area contributed by atoms with Gasteiger partial charge in [-0.2, -0.15) is 17.5 Å². The largest absolute Gasteiger partial charge is 0.394 e. The molecule has 1 aromatic rings. The predicted octanol–water partition coefficient (Wildman–Crippen LogP) is 1.56. The first-order valence-electron chi connectivity index (χ1n) is 9.75. The molecule has 2 heterocycles. The van der Waals surface area contributed by atoms with E-state index in [-0.39, 0.29) is 36.0 Å². The fourth-order valence-corrected chi connectivity index (χ4v) is 5.99. The highest BCUT2D eigenvalue weighted by molar-refractivity contribution is 7.89. The second-order valence-corrected chi connectivity index (χ2v) is 9.88. The smallest absolute Gasteiger partial charge is 0.340 e. The predicted molar refractivity (Wildman–Crippen MR) is 99.9 cm³/mol. The average Bonchev–Trinajstić information content (AvgIpc) is 3.29. The minimum atomic E-state index is -4.31. The Morgan fingerprint density at radius 2 is 1.60 bits per heavy atom. The van der Waals surface area contributed by atoms with Crippen LogP contribution in [0.3, 0.4) is 0 Å². The summed E-state index contributed by atoms with van der Waals surface area (Å²) in [4.78, 5) is 26.9. The van der Waals surface area contributed by atoms with Crippen LogP contribution in [-0.4, -0.2) is 79.3 Å². The van der Waals surface area contributed by atoms with Crippen molar-refractivity contribution in [2.75, 3.05) is 32.7 Å². The van der Waals surface area contributed by atoms with Gasteiger partial charge in [0.1, 0.15) is 0 Å². The van der Waals surface area contributed by atoms with Gasteiger partial charge in [0.25, 0.3) is 5.91 Å². The Labute approximate surface area is 172 Å². The van der Waals surface area contributed by atoms with Crippen molar-refractivity contribution < 1.29 is 31.2 Å². The lowest BCUT2D eigenvalue weighted by Crippen LogP contribution is -2.49. The molecule has 1 aliphatic carbocycles. The standard InChI is InChI=1S/C19H22F3N3O4S/c1-12(26)23-8-10-24(11-9-23)30(28,29)14-4-2-13(3-5-14)18(27)25-7-6-15-16(17(15)25)19(20,21)22/h2-5,15-17H,6-11H2,1H3. The van der Waals surface area contributed by atoms with E-state index in [1.165, 1.54) is 40.4 Å². The number of fused-ring (bicyclic) bond motifs is 1. The van der Waals surface area contributed by atoms with E-state index in [1.807, 2.05) is 0 Å². The molecule has 3 fully saturated rings. The summed E-state index contributed by atoms with van der Waals surface area (Å²) in [6.45, 7) is 2.69. The number of nitrogens with zero attached hydrogens (tertiary/aromatic N) is 3.